The normalized spacial score (nSPS) is 14.3. The summed E-state index contributed by atoms with van der Waals surface area (Å²) in [4.78, 5) is 58.8. The fraction of sp³-hybridized carbons (Fsp3) is 0.774. The summed E-state index contributed by atoms with van der Waals surface area (Å²) in [7, 11) is -9.78. The molecule has 0 amide bonds. The highest BCUT2D eigenvalue weighted by Crippen LogP contribution is 2.45. The molecule has 0 aromatic heterocycles. The minimum Gasteiger partial charge on any atom is -0.463 e. The van der Waals surface area contributed by atoms with E-state index in [1.54, 1.807) is 0 Å². The second-order valence-corrected chi connectivity index (χ2v) is 33.3. The predicted molar refractivity (Wildman–Crippen MR) is 464 cm³/mol. The van der Waals surface area contributed by atoms with Gasteiger partial charge in [-0.3, -0.25) is 32.5 Å². The molecule has 18 heteroatoms. The first-order chi connectivity index (χ1) is 54.2. The molecule has 16 nitrogen and oxygen atoms in total. The third kappa shape index (κ3) is 86.9. The molecular weight excluding hydrogens is 1430 g/mol. The Morgan fingerprint density at radius 2 is 0.477 bits per heavy atom. The van der Waals surface area contributed by atoms with Crippen molar-refractivity contribution in [2.45, 2.75) is 424 Å². The number of hydrogen-bond acceptors (Lipinski definition) is 14. The molecule has 0 fully saturated rings. The topological polar surface area (TPSA) is 231 Å². The number of unbranched alkanes of at least 4 members (excludes halogenated alkanes) is 45. The van der Waals surface area contributed by atoms with Crippen LogP contribution in [0.5, 0.6) is 0 Å². The number of phosphoric ester groups is 2. The lowest BCUT2D eigenvalue weighted by Gasteiger charge is -2.21. The Labute approximate surface area is 679 Å². The number of aliphatic hydroxyl groups excluding tert-OH is 2. The molecule has 0 bridgehead atoms. The van der Waals surface area contributed by atoms with Gasteiger partial charge < -0.3 is 34.2 Å². The third-order valence-electron chi connectivity index (χ3n) is 19.5. The molecule has 0 heterocycles. The molecule has 0 saturated heterocycles. The van der Waals surface area contributed by atoms with Gasteiger partial charge in [-0.25, -0.2) is 9.13 Å². The number of phosphoric acid groups is 2. The van der Waals surface area contributed by atoms with Crippen LogP contribution in [0.3, 0.4) is 0 Å². The number of hydrogen-bond donors (Lipinski definition) is 4. The van der Waals surface area contributed by atoms with Crippen LogP contribution < -0.4 is 0 Å². The third-order valence-corrected chi connectivity index (χ3v) is 21.4. The summed E-state index contributed by atoms with van der Waals surface area (Å²) in [5.41, 5.74) is 0. The number of carbonyl (C=O) groups is 3. The number of allylic oxidation sites excluding steroid dienone is 18. The highest BCUT2D eigenvalue weighted by Gasteiger charge is 2.29. The van der Waals surface area contributed by atoms with Gasteiger partial charge in [0.05, 0.1) is 26.4 Å². The maximum absolute atomic E-state index is 13.0. The van der Waals surface area contributed by atoms with Gasteiger partial charge in [0, 0.05) is 19.3 Å². The maximum atomic E-state index is 13.0. The molecule has 111 heavy (non-hydrogen) atoms. The van der Waals surface area contributed by atoms with Gasteiger partial charge in [0.25, 0.3) is 0 Å². The van der Waals surface area contributed by atoms with Crippen LogP contribution in [0.1, 0.15) is 406 Å². The number of rotatable bonds is 86. The molecule has 0 aliphatic heterocycles. The number of ether oxygens (including phenoxy) is 3. The average molecular weight is 1600 g/mol. The highest BCUT2D eigenvalue weighted by atomic mass is 31.2. The zero-order valence-electron chi connectivity index (χ0n) is 70.9. The first-order valence-corrected chi connectivity index (χ1v) is 48.2. The molecule has 5 unspecified atom stereocenters. The van der Waals surface area contributed by atoms with E-state index in [1.807, 2.05) is 0 Å². The standard InChI is InChI=1S/C93H166O16P2/c1-4-7-10-13-16-19-22-25-27-29-31-33-35-37-39-41-43-45-47-49-51-53-55-57-59-62-64-67-70-73-76-79-91(96)103-82-88(94)83-105-110(99,100)106-84-89(95)85-107-111(101,102)108-87-90(109-93(98)81-78-75-72-69-66-61-24-21-18-15-12-9-6-3)86-104-92(97)80-77-74-71-68-65-63-60-58-56-54-52-50-48-46-44-42-40-38-36-34-32-30-28-26-23-20-17-14-11-8-5-2/h7,10,16-17,19-20,25-28,31-34,37-40,88-90,94-95H,4-6,8-9,11-15,18,21-24,29-30,35-36,41-87H2,1-3H3,(H,99,100)(H,101,102)/b10-7-,19-16-,20-17-,27-25-,28-26-,33-31-,34-32-,39-37-,40-38-. The zero-order chi connectivity index (χ0) is 80.8. The first kappa shape index (κ1) is 107. The van der Waals surface area contributed by atoms with Crippen molar-refractivity contribution in [3.63, 3.8) is 0 Å². The van der Waals surface area contributed by atoms with E-state index in [1.165, 1.54) is 231 Å². The van der Waals surface area contributed by atoms with Gasteiger partial charge in [-0.1, -0.05) is 387 Å². The molecule has 0 radical (unpaired) electrons. The summed E-state index contributed by atoms with van der Waals surface area (Å²) < 4.78 is 61.4. The largest absolute Gasteiger partial charge is 0.472 e. The Hall–Kier alpha value is -3.79. The van der Waals surface area contributed by atoms with Crippen LogP contribution in [0.4, 0.5) is 0 Å². The van der Waals surface area contributed by atoms with Gasteiger partial charge >= 0.3 is 33.6 Å². The van der Waals surface area contributed by atoms with E-state index < -0.39 is 91.5 Å². The lowest BCUT2D eigenvalue weighted by molar-refractivity contribution is -0.161. The number of carbonyl (C=O) groups excluding carboxylic acids is 3. The Kier molecular flexibility index (Phi) is 82.7. The van der Waals surface area contributed by atoms with Crippen LogP contribution in [0.15, 0.2) is 109 Å². The minimum atomic E-state index is -4.93. The SMILES string of the molecule is CC/C=C\C/C=C\C/C=C\C/C=C\C/C=C\CCCCCCCCCCCCCCCCCC(=O)OCC(O)COP(=O)(O)OCC(O)COP(=O)(O)OCC(COC(=O)CCCCCCCCCCCCCCCCC/C=C\C/C=C\C/C=C\C/C=C\CCCCC)OC(=O)CCCCCCCCCCCCCCC. The van der Waals surface area contributed by atoms with Crippen LogP contribution in [0, 0.1) is 0 Å². The van der Waals surface area contributed by atoms with Gasteiger partial charge in [0.2, 0.25) is 0 Å². The van der Waals surface area contributed by atoms with E-state index in [4.69, 9.17) is 32.3 Å². The Morgan fingerprint density at radius 3 is 0.775 bits per heavy atom. The fourth-order valence-corrected chi connectivity index (χ4v) is 14.2. The van der Waals surface area contributed by atoms with Crippen molar-refractivity contribution in [2.24, 2.45) is 0 Å². The lowest BCUT2D eigenvalue weighted by atomic mass is 10.0. The smallest absolute Gasteiger partial charge is 0.463 e. The maximum Gasteiger partial charge on any atom is 0.472 e. The molecule has 5 atom stereocenters. The van der Waals surface area contributed by atoms with Crippen molar-refractivity contribution in [1.82, 2.24) is 0 Å². The van der Waals surface area contributed by atoms with Crippen molar-refractivity contribution in [2.75, 3.05) is 39.6 Å². The molecule has 0 rings (SSSR count). The molecule has 0 aromatic rings. The van der Waals surface area contributed by atoms with Gasteiger partial charge in [-0.05, 0) is 109 Å². The summed E-state index contributed by atoms with van der Waals surface area (Å²) in [6.45, 7) is 2.61. The van der Waals surface area contributed by atoms with Gasteiger partial charge in [0.1, 0.15) is 25.4 Å². The lowest BCUT2D eigenvalue weighted by Crippen LogP contribution is -2.30. The summed E-state index contributed by atoms with van der Waals surface area (Å²) in [6.07, 6.45) is 103. The van der Waals surface area contributed by atoms with Crippen molar-refractivity contribution in [1.29, 1.82) is 0 Å². The molecular formula is C93H166O16P2. The Morgan fingerprint density at radius 1 is 0.261 bits per heavy atom. The molecule has 0 saturated carbocycles. The van der Waals surface area contributed by atoms with Gasteiger partial charge in [-0.15, -0.1) is 0 Å². The van der Waals surface area contributed by atoms with E-state index in [2.05, 4.69) is 130 Å². The predicted octanol–water partition coefficient (Wildman–Crippen LogP) is 27.4. The number of esters is 3. The monoisotopic (exact) mass is 1600 g/mol. The van der Waals surface area contributed by atoms with Crippen LogP contribution in [0.25, 0.3) is 0 Å². The van der Waals surface area contributed by atoms with Crippen LogP contribution in [-0.2, 0) is 55.8 Å². The van der Waals surface area contributed by atoms with E-state index in [0.29, 0.717) is 19.3 Å². The fourth-order valence-electron chi connectivity index (χ4n) is 12.6. The second kappa shape index (κ2) is 85.6. The van der Waals surface area contributed by atoms with Crippen molar-refractivity contribution in [3.8, 4) is 0 Å². The summed E-state index contributed by atoms with van der Waals surface area (Å²) in [5.74, 6) is -1.55. The Bertz CT molecular complexity index is 2450. The van der Waals surface area contributed by atoms with E-state index >= 15 is 0 Å². The highest BCUT2D eigenvalue weighted by molar-refractivity contribution is 7.47. The first-order valence-electron chi connectivity index (χ1n) is 45.2. The molecule has 0 aliphatic carbocycles. The van der Waals surface area contributed by atoms with Crippen LogP contribution in [-0.4, -0.2) is 95.9 Å². The zero-order valence-corrected chi connectivity index (χ0v) is 72.7. The van der Waals surface area contributed by atoms with Crippen LogP contribution in [0.2, 0.25) is 0 Å². The molecule has 0 aliphatic rings. The second-order valence-electron chi connectivity index (χ2n) is 30.4. The minimum absolute atomic E-state index is 0.110. The molecule has 0 spiro atoms. The van der Waals surface area contributed by atoms with E-state index in [0.717, 1.165) is 116 Å². The molecule has 4 N–H and O–H groups in total. The van der Waals surface area contributed by atoms with Gasteiger partial charge in [-0.2, -0.15) is 0 Å². The average Bonchev–Trinajstić information content (AvgIpc) is 0.928. The van der Waals surface area contributed by atoms with E-state index in [-0.39, 0.29) is 19.3 Å². The van der Waals surface area contributed by atoms with Gasteiger partial charge in [0.15, 0.2) is 6.10 Å². The molecule has 644 valence electrons. The van der Waals surface area contributed by atoms with Crippen molar-refractivity contribution >= 4 is 33.6 Å². The summed E-state index contributed by atoms with van der Waals surface area (Å²) in [6, 6.07) is 0. The Balaban J connectivity index is 4.41. The quantitative estimate of drug-likeness (QED) is 0.0146. The van der Waals surface area contributed by atoms with Crippen LogP contribution >= 0.6 is 15.6 Å². The summed E-state index contributed by atoms with van der Waals surface area (Å²) >= 11 is 0. The summed E-state index contributed by atoms with van der Waals surface area (Å²) in [5, 5.41) is 20.7. The van der Waals surface area contributed by atoms with Crippen molar-refractivity contribution < 1.29 is 75.8 Å². The van der Waals surface area contributed by atoms with E-state index in [9.17, 15) is 43.5 Å². The van der Waals surface area contributed by atoms with Crippen molar-refractivity contribution in [3.05, 3.63) is 109 Å². The molecule has 0 aromatic carbocycles. The number of aliphatic hydroxyl groups is 2.